The topological polar surface area (TPSA) is 56.7 Å². The molecule has 2 atom stereocenters. The van der Waals surface area contributed by atoms with Crippen LogP contribution in [0.1, 0.15) is 58.3 Å². The predicted octanol–water partition coefficient (Wildman–Crippen LogP) is 2.13. The number of hydrogen-bond acceptors (Lipinski definition) is 2. The molecule has 2 aliphatic rings. The number of amides is 1. The molecule has 0 aromatic carbocycles. The van der Waals surface area contributed by atoms with Crippen molar-refractivity contribution in [1.29, 1.82) is 0 Å². The van der Waals surface area contributed by atoms with Crippen molar-refractivity contribution in [2.24, 2.45) is 10.9 Å². The van der Waals surface area contributed by atoms with Crippen LogP contribution >= 0.6 is 0 Å². The zero-order valence-corrected chi connectivity index (χ0v) is 14.4. The van der Waals surface area contributed by atoms with Crippen LogP contribution < -0.4 is 10.6 Å². The van der Waals surface area contributed by atoms with Crippen LogP contribution in [0.5, 0.6) is 0 Å². The molecule has 0 heterocycles. The molecule has 5 heteroatoms. The van der Waals surface area contributed by atoms with Gasteiger partial charge in [0, 0.05) is 26.2 Å². The largest absolute Gasteiger partial charge is 0.354 e. The van der Waals surface area contributed by atoms with E-state index in [0.717, 1.165) is 5.96 Å². The highest BCUT2D eigenvalue weighted by molar-refractivity contribution is 5.85. The van der Waals surface area contributed by atoms with E-state index in [1.165, 1.54) is 51.4 Å². The van der Waals surface area contributed by atoms with Crippen LogP contribution in [0.2, 0.25) is 0 Å². The molecular formula is C17H32N4O. The van der Waals surface area contributed by atoms with Gasteiger partial charge in [-0.15, -0.1) is 0 Å². The van der Waals surface area contributed by atoms with Gasteiger partial charge in [0.1, 0.15) is 6.54 Å². The van der Waals surface area contributed by atoms with E-state index in [1.807, 2.05) is 0 Å². The number of aliphatic imine (C=N–C) groups is 1. The summed E-state index contributed by atoms with van der Waals surface area (Å²) < 4.78 is 0. The molecule has 5 nitrogen and oxygen atoms in total. The molecule has 126 valence electrons. The minimum Gasteiger partial charge on any atom is -0.354 e. The molecule has 0 aromatic rings. The van der Waals surface area contributed by atoms with Gasteiger partial charge in [0.05, 0.1) is 0 Å². The molecule has 22 heavy (non-hydrogen) atoms. The third-order valence-electron chi connectivity index (χ3n) is 5.00. The number of carbonyl (C=O) groups is 1. The van der Waals surface area contributed by atoms with Crippen LogP contribution in [-0.2, 0) is 4.79 Å². The molecule has 2 N–H and O–H groups in total. The SMILES string of the molecule is CC1CCCCC1NC(=NCC(=O)N(C)C)NC1CCCC1. The van der Waals surface area contributed by atoms with Gasteiger partial charge in [0.25, 0.3) is 0 Å². The quantitative estimate of drug-likeness (QED) is 0.618. The Morgan fingerprint density at radius 1 is 1.05 bits per heavy atom. The maximum absolute atomic E-state index is 11.8. The van der Waals surface area contributed by atoms with Crippen molar-refractivity contribution >= 4 is 11.9 Å². The van der Waals surface area contributed by atoms with Crippen LogP contribution in [0.4, 0.5) is 0 Å². The molecule has 0 bridgehead atoms. The van der Waals surface area contributed by atoms with E-state index in [2.05, 4.69) is 22.5 Å². The molecule has 2 rings (SSSR count). The zero-order chi connectivity index (χ0) is 15.9. The fourth-order valence-electron chi connectivity index (χ4n) is 3.39. The summed E-state index contributed by atoms with van der Waals surface area (Å²) in [6.07, 6.45) is 10.1. The van der Waals surface area contributed by atoms with Crippen LogP contribution in [0, 0.1) is 5.92 Å². The Balaban J connectivity index is 1.96. The molecule has 2 unspecified atom stereocenters. The summed E-state index contributed by atoms with van der Waals surface area (Å²) in [4.78, 5) is 17.9. The van der Waals surface area contributed by atoms with Gasteiger partial charge in [0.15, 0.2) is 5.96 Å². The van der Waals surface area contributed by atoms with Gasteiger partial charge in [0.2, 0.25) is 5.91 Å². The van der Waals surface area contributed by atoms with Gasteiger partial charge in [-0.05, 0) is 31.6 Å². The predicted molar refractivity (Wildman–Crippen MR) is 90.9 cm³/mol. The lowest BCUT2D eigenvalue weighted by molar-refractivity contribution is -0.127. The number of guanidine groups is 1. The number of hydrogen-bond donors (Lipinski definition) is 2. The van der Waals surface area contributed by atoms with E-state index in [0.29, 0.717) is 18.0 Å². The molecule has 1 amide bonds. The van der Waals surface area contributed by atoms with E-state index < -0.39 is 0 Å². The van der Waals surface area contributed by atoms with Crippen LogP contribution in [0.25, 0.3) is 0 Å². The first-order valence-corrected chi connectivity index (χ1v) is 8.84. The third-order valence-corrected chi connectivity index (χ3v) is 5.00. The van der Waals surface area contributed by atoms with Gasteiger partial charge in [-0.2, -0.15) is 0 Å². The number of nitrogens with zero attached hydrogens (tertiary/aromatic N) is 2. The summed E-state index contributed by atoms with van der Waals surface area (Å²) >= 11 is 0. The summed E-state index contributed by atoms with van der Waals surface area (Å²) in [6.45, 7) is 2.53. The first-order chi connectivity index (χ1) is 10.6. The fourth-order valence-corrected chi connectivity index (χ4v) is 3.39. The molecule has 0 aromatic heterocycles. The average molecular weight is 308 g/mol. The lowest BCUT2D eigenvalue weighted by Gasteiger charge is -2.31. The molecule has 0 radical (unpaired) electrons. The lowest BCUT2D eigenvalue weighted by Crippen LogP contribution is -2.50. The summed E-state index contributed by atoms with van der Waals surface area (Å²) in [5, 5.41) is 7.14. The van der Waals surface area contributed by atoms with E-state index in [-0.39, 0.29) is 12.5 Å². The van der Waals surface area contributed by atoms with Gasteiger partial charge < -0.3 is 15.5 Å². The number of nitrogens with one attached hydrogen (secondary N) is 2. The Hall–Kier alpha value is -1.26. The molecule has 0 saturated heterocycles. The zero-order valence-electron chi connectivity index (χ0n) is 14.4. The molecule has 0 aliphatic heterocycles. The maximum atomic E-state index is 11.8. The van der Waals surface area contributed by atoms with Gasteiger partial charge in [-0.1, -0.05) is 32.6 Å². The van der Waals surface area contributed by atoms with Crippen molar-refractivity contribution in [2.75, 3.05) is 20.6 Å². The van der Waals surface area contributed by atoms with E-state index in [9.17, 15) is 4.79 Å². The summed E-state index contributed by atoms with van der Waals surface area (Å²) in [5.74, 6) is 1.55. The lowest BCUT2D eigenvalue weighted by atomic mass is 9.86. The number of rotatable bonds is 4. The van der Waals surface area contributed by atoms with Crippen LogP contribution in [0.15, 0.2) is 4.99 Å². The highest BCUT2D eigenvalue weighted by Gasteiger charge is 2.24. The van der Waals surface area contributed by atoms with E-state index >= 15 is 0 Å². The van der Waals surface area contributed by atoms with Crippen molar-refractivity contribution in [1.82, 2.24) is 15.5 Å². The Morgan fingerprint density at radius 3 is 2.32 bits per heavy atom. The summed E-state index contributed by atoms with van der Waals surface area (Å²) in [7, 11) is 3.55. The molecule has 2 fully saturated rings. The molecule has 2 aliphatic carbocycles. The van der Waals surface area contributed by atoms with Crippen molar-refractivity contribution in [3.8, 4) is 0 Å². The average Bonchev–Trinajstić information content (AvgIpc) is 2.99. The van der Waals surface area contributed by atoms with Crippen molar-refractivity contribution < 1.29 is 4.79 Å². The maximum Gasteiger partial charge on any atom is 0.243 e. The van der Waals surface area contributed by atoms with Crippen molar-refractivity contribution in [3.63, 3.8) is 0 Å². The van der Waals surface area contributed by atoms with Gasteiger partial charge in [-0.3, -0.25) is 4.79 Å². The smallest absolute Gasteiger partial charge is 0.243 e. The minimum absolute atomic E-state index is 0.0456. The summed E-state index contributed by atoms with van der Waals surface area (Å²) in [6, 6.07) is 0.996. The Labute approximate surface area is 134 Å². The van der Waals surface area contributed by atoms with Crippen molar-refractivity contribution in [2.45, 2.75) is 70.4 Å². The third kappa shape index (κ3) is 5.18. The number of carbonyl (C=O) groups excluding carboxylic acids is 1. The van der Waals surface area contributed by atoms with Crippen molar-refractivity contribution in [3.05, 3.63) is 0 Å². The van der Waals surface area contributed by atoms with Crippen LogP contribution in [-0.4, -0.2) is 49.5 Å². The minimum atomic E-state index is 0.0456. The highest BCUT2D eigenvalue weighted by atomic mass is 16.2. The standard InChI is InChI=1S/C17H32N4O/c1-13-8-4-7-11-15(13)20-17(18-12-16(22)21(2)3)19-14-9-5-6-10-14/h13-15H,4-12H2,1-3H3,(H2,18,19,20). The Kier molecular flexibility index (Phi) is 6.52. The second-order valence-electron chi connectivity index (χ2n) is 7.09. The second-order valence-corrected chi connectivity index (χ2v) is 7.09. The first-order valence-electron chi connectivity index (χ1n) is 8.84. The van der Waals surface area contributed by atoms with E-state index in [4.69, 9.17) is 0 Å². The van der Waals surface area contributed by atoms with Gasteiger partial charge >= 0.3 is 0 Å². The Morgan fingerprint density at radius 2 is 1.68 bits per heavy atom. The normalized spacial score (nSPS) is 26.8. The second kappa shape index (κ2) is 8.39. The number of likely N-dealkylation sites (N-methyl/N-ethyl adjacent to an activating group) is 1. The molecule has 2 saturated carbocycles. The molecular weight excluding hydrogens is 276 g/mol. The van der Waals surface area contributed by atoms with Gasteiger partial charge in [-0.25, -0.2) is 4.99 Å². The Bertz CT molecular complexity index is 388. The first kappa shape index (κ1) is 17.1. The molecule has 0 spiro atoms. The highest BCUT2D eigenvalue weighted by Crippen LogP contribution is 2.24. The monoisotopic (exact) mass is 308 g/mol. The van der Waals surface area contributed by atoms with Crippen LogP contribution in [0.3, 0.4) is 0 Å². The fraction of sp³-hybridized carbons (Fsp3) is 0.882. The van der Waals surface area contributed by atoms with E-state index in [1.54, 1.807) is 19.0 Å². The summed E-state index contributed by atoms with van der Waals surface area (Å²) in [5.41, 5.74) is 0.